The zero-order valence-electron chi connectivity index (χ0n) is 20.4. The Morgan fingerprint density at radius 1 is 1.16 bits per heavy atom. The Morgan fingerprint density at radius 3 is 2.76 bits per heavy atom. The predicted molar refractivity (Wildman–Crippen MR) is 137 cm³/mol. The molecule has 3 aliphatic rings. The van der Waals surface area contributed by atoms with Crippen LogP contribution in [0.1, 0.15) is 37.7 Å². The second-order valence-electron chi connectivity index (χ2n) is 9.52. The minimum absolute atomic E-state index is 0.0198. The number of fused-ring (bicyclic) bond motifs is 1. The molecule has 6 unspecified atom stereocenters. The molecule has 12 heteroatoms. The number of hydrogen-bond donors (Lipinski definition) is 4. The molecule has 2 aliphatic carbocycles. The highest BCUT2D eigenvalue weighted by Crippen LogP contribution is 2.46. The Kier molecular flexibility index (Phi) is 7.91. The molecular weight excluding hydrogens is 504 g/mol. The number of aliphatic hydroxyl groups excluding tert-OH is 3. The molecule has 1 aromatic carbocycles. The van der Waals surface area contributed by atoms with Gasteiger partial charge in [-0.2, -0.15) is 0 Å². The van der Waals surface area contributed by atoms with Crippen LogP contribution in [0, 0.1) is 11.6 Å². The second-order valence-corrected chi connectivity index (χ2v) is 10.6. The van der Waals surface area contributed by atoms with Gasteiger partial charge in [-0.3, -0.25) is 4.99 Å². The van der Waals surface area contributed by atoms with Gasteiger partial charge in [0.25, 0.3) is 0 Å². The number of aliphatic imine (C=N–C) groups is 1. The lowest BCUT2D eigenvalue weighted by molar-refractivity contribution is -0.0616. The first-order chi connectivity index (χ1) is 17.9. The molecule has 6 atom stereocenters. The first kappa shape index (κ1) is 26.2. The SMILES string of the molecule is CCCSc1nc(NC2CC2c2ccc(F)c(F)c2)c2c(n1)N(C1CC(OCCO)C(O)C1O)CC=N2. The van der Waals surface area contributed by atoms with Gasteiger partial charge in [-0.1, -0.05) is 24.8 Å². The molecule has 0 saturated heterocycles. The van der Waals surface area contributed by atoms with Crippen molar-refractivity contribution in [2.24, 2.45) is 4.99 Å². The Bertz CT molecular complexity index is 1160. The van der Waals surface area contributed by atoms with Gasteiger partial charge in [0.15, 0.2) is 28.4 Å². The van der Waals surface area contributed by atoms with Crippen LogP contribution < -0.4 is 10.2 Å². The molecule has 1 aliphatic heterocycles. The number of hydrogen-bond acceptors (Lipinski definition) is 10. The Labute approximate surface area is 218 Å². The summed E-state index contributed by atoms with van der Waals surface area (Å²) in [5, 5.41) is 34.5. The number of nitrogens with one attached hydrogen (secondary N) is 1. The highest BCUT2D eigenvalue weighted by molar-refractivity contribution is 7.99. The van der Waals surface area contributed by atoms with E-state index in [0.717, 1.165) is 30.2 Å². The van der Waals surface area contributed by atoms with Gasteiger partial charge in [0.2, 0.25) is 0 Å². The minimum atomic E-state index is -1.09. The van der Waals surface area contributed by atoms with Gasteiger partial charge in [-0.25, -0.2) is 18.7 Å². The summed E-state index contributed by atoms with van der Waals surface area (Å²) in [5.74, 6) is 0.217. The maximum Gasteiger partial charge on any atom is 0.191 e. The van der Waals surface area contributed by atoms with E-state index in [4.69, 9.17) is 19.8 Å². The van der Waals surface area contributed by atoms with Gasteiger partial charge in [0.05, 0.1) is 31.9 Å². The number of ether oxygens (including phenoxy) is 1. The Balaban J connectivity index is 1.41. The van der Waals surface area contributed by atoms with Gasteiger partial charge in [-0.15, -0.1) is 0 Å². The van der Waals surface area contributed by atoms with Gasteiger partial charge in [-0.05, 0) is 37.0 Å². The number of thioether (sulfide) groups is 1. The lowest BCUT2D eigenvalue weighted by atomic mass is 10.1. The zero-order valence-corrected chi connectivity index (χ0v) is 21.2. The smallest absolute Gasteiger partial charge is 0.191 e. The number of aromatic nitrogens is 2. The number of aliphatic hydroxyl groups is 3. The zero-order chi connectivity index (χ0) is 26.1. The maximum absolute atomic E-state index is 13.8. The lowest BCUT2D eigenvalue weighted by Gasteiger charge is -2.34. The molecule has 37 heavy (non-hydrogen) atoms. The van der Waals surface area contributed by atoms with Crippen molar-refractivity contribution in [1.82, 2.24) is 9.97 Å². The van der Waals surface area contributed by atoms with Gasteiger partial charge in [0, 0.05) is 23.9 Å². The third-order valence-electron chi connectivity index (χ3n) is 6.96. The molecule has 2 aromatic rings. The number of halogens is 2. The standard InChI is InChI=1S/C25H31F2N5O4S/c1-2-9-37-25-30-23(29-17-11-14(17)13-3-4-15(26)16(27)10-13)20-24(31-25)32(6-5-28-20)18-12-19(36-8-7-33)22(35)21(18)34/h3-5,10,14,17-19,21-22,33-35H,2,6-9,11-12H2,1H3,(H,29,30,31). The van der Waals surface area contributed by atoms with Crippen LogP contribution in [-0.2, 0) is 4.74 Å². The lowest BCUT2D eigenvalue weighted by Crippen LogP contribution is -2.46. The van der Waals surface area contributed by atoms with E-state index in [1.165, 1.54) is 17.8 Å². The molecule has 0 bridgehead atoms. The summed E-state index contributed by atoms with van der Waals surface area (Å²) < 4.78 is 32.7. The first-order valence-electron chi connectivity index (χ1n) is 12.5. The van der Waals surface area contributed by atoms with Crippen molar-refractivity contribution in [3.63, 3.8) is 0 Å². The number of anilines is 2. The number of nitrogens with zero attached hydrogens (tertiary/aromatic N) is 4. The van der Waals surface area contributed by atoms with E-state index in [1.807, 2.05) is 4.90 Å². The molecule has 5 rings (SSSR count). The largest absolute Gasteiger partial charge is 0.394 e. The molecule has 9 nitrogen and oxygen atoms in total. The van der Waals surface area contributed by atoms with Crippen LogP contribution in [0.15, 0.2) is 28.3 Å². The summed E-state index contributed by atoms with van der Waals surface area (Å²) in [7, 11) is 0. The number of rotatable bonds is 10. The molecule has 4 N–H and O–H groups in total. The third kappa shape index (κ3) is 5.44. The van der Waals surface area contributed by atoms with Crippen molar-refractivity contribution in [2.75, 3.05) is 35.7 Å². The average Bonchev–Trinajstić information content (AvgIpc) is 3.61. The monoisotopic (exact) mass is 535 g/mol. The summed E-state index contributed by atoms with van der Waals surface area (Å²) >= 11 is 1.52. The highest BCUT2D eigenvalue weighted by atomic mass is 32.2. The van der Waals surface area contributed by atoms with Crippen molar-refractivity contribution in [1.29, 1.82) is 0 Å². The van der Waals surface area contributed by atoms with Crippen molar-refractivity contribution in [2.45, 2.75) is 67.7 Å². The average molecular weight is 536 g/mol. The fourth-order valence-corrected chi connectivity index (χ4v) is 5.68. The molecule has 2 saturated carbocycles. The van der Waals surface area contributed by atoms with E-state index < -0.39 is 36.0 Å². The molecule has 2 heterocycles. The molecule has 0 amide bonds. The van der Waals surface area contributed by atoms with Crippen LogP contribution in [0.2, 0.25) is 0 Å². The molecule has 1 aromatic heterocycles. The molecule has 200 valence electrons. The van der Waals surface area contributed by atoms with Gasteiger partial charge in [0.1, 0.15) is 17.9 Å². The molecular formula is C25H31F2N5O4S. The quantitative estimate of drug-likeness (QED) is 0.269. The first-order valence-corrected chi connectivity index (χ1v) is 13.5. The Morgan fingerprint density at radius 2 is 2.00 bits per heavy atom. The van der Waals surface area contributed by atoms with E-state index in [2.05, 4.69) is 17.2 Å². The summed E-state index contributed by atoms with van der Waals surface area (Å²) in [4.78, 5) is 16.0. The van der Waals surface area contributed by atoms with Crippen LogP contribution in [0.4, 0.5) is 26.1 Å². The summed E-state index contributed by atoms with van der Waals surface area (Å²) in [6, 6.07) is 3.50. The third-order valence-corrected chi connectivity index (χ3v) is 8.01. The van der Waals surface area contributed by atoms with E-state index in [1.54, 1.807) is 12.3 Å². The summed E-state index contributed by atoms with van der Waals surface area (Å²) in [5.41, 5.74) is 1.26. The predicted octanol–water partition coefficient (Wildman–Crippen LogP) is 2.62. The molecule has 0 radical (unpaired) electrons. The van der Waals surface area contributed by atoms with Gasteiger partial charge >= 0.3 is 0 Å². The van der Waals surface area contributed by atoms with Crippen molar-refractivity contribution in [3.8, 4) is 0 Å². The van der Waals surface area contributed by atoms with Crippen molar-refractivity contribution < 1.29 is 28.8 Å². The van der Waals surface area contributed by atoms with E-state index >= 15 is 0 Å². The molecule has 2 fully saturated rings. The molecule has 0 spiro atoms. The fraction of sp³-hybridized carbons (Fsp3) is 0.560. The van der Waals surface area contributed by atoms with E-state index in [9.17, 15) is 19.0 Å². The van der Waals surface area contributed by atoms with Crippen LogP contribution >= 0.6 is 11.8 Å². The van der Waals surface area contributed by atoms with Crippen LogP contribution in [-0.4, -0.2) is 87.4 Å². The van der Waals surface area contributed by atoms with Crippen molar-refractivity contribution >= 4 is 35.3 Å². The highest BCUT2D eigenvalue weighted by Gasteiger charge is 2.46. The fourth-order valence-electron chi connectivity index (χ4n) is 4.99. The minimum Gasteiger partial charge on any atom is -0.394 e. The Hall–Kier alpha value is -2.38. The number of benzene rings is 1. The topological polar surface area (TPSA) is 123 Å². The van der Waals surface area contributed by atoms with Crippen LogP contribution in [0.25, 0.3) is 0 Å². The maximum atomic E-state index is 13.8. The van der Waals surface area contributed by atoms with Crippen LogP contribution in [0.5, 0.6) is 0 Å². The van der Waals surface area contributed by atoms with Crippen LogP contribution in [0.3, 0.4) is 0 Å². The van der Waals surface area contributed by atoms with Gasteiger partial charge < -0.3 is 30.3 Å². The van der Waals surface area contributed by atoms with E-state index in [0.29, 0.717) is 35.4 Å². The van der Waals surface area contributed by atoms with E-state index in [-0.39, 0.29) is 25.2 Å². The van der Waals surface area contributed by atoms with Crippen molar-refractivity contribution in [3.05, 3.63) is 35.4 Å². The normalized spacial score (nSPS) is 28.4. The second kappa shape index (κ2) is 11.2. The summed E-state index contributed by atoms with van der Waals surface area (Å²) in [6.07, 6.45) is 1.00. The summed E-state index contributed by atoms with van der Waals surface area (Å²) in [6.45, 7) is 2.37.